The SMILES string of the molecule is [2H]c1c([2H])c(N(c2ccc(-c3cc(-c4ccccc4)cc(-c4ccccc4)c3)cc2)c2cccc(-c3ccc4ccccc4c3)c2)c([2H])c([2H])c1-c1cccc(-c2ccccc2)c1. The summed E-state index contributed by atoms with van der Waals surface area (Å²) in [6.07, 6.45) is 0. The van der Waals surface area contributed by atoms with E-state index >= 15 is 0 Å². The molecule has 0 unspecified atom stereocenters. The number of hydrogen-bond acceptors (Lipinski definition) is 1. The van der Waals surface area contributed by atoms with Gasteiger partial charge in [-0.1, -0.05) is 182 Å². The molecule has 10 aromatic rings. The molecule has 0 fully saturated rings. The fourth-order valence-corrected chi connectivity index (χ4v) is 7.84. The van der Waals surface area contributed by atoms with Gasteiger partial charge in [0.15, 0.2) is 0 Å². The zero-order valence-electron chi connectivity index (χ0n) is 36.3. The maximum atomic E-state index is 9.63. The maximum absolute atomic E-state index is 9.63. The second kappa shape index (κ2) is 16.0. The van der Waals surface area contributed by atoms with Crippen LogP contribution in [0.25, 0.3) is 77.5 Å². The van der Waals surface area contributed by atoms with E-state index in [1.807, 2.05) is 108 Å². The van der Waals surface area contributed by atoms with Gasteiger partial charge in [0, 0.05) is 17.1 Å². The minimum absolute atomic E-state index is 0.102. The minimum atomic E-state index is -0.126. The third kappa shape index (κ3) is 7.58. The number of hydrogen-bond donors (Lipinski definition) is 0. The van der Waals surface area contributed by atoms with Gasteiger partial charge in [0.05, 0.1) is 5.48 Å². The van der Waals surface area contributed by atoms with Crippen molar-refractivity contribution in [1.29, 1.82) is 0 Å². The van der Waals surface area contributed by atoms with Crippen molar-refractivity contribution in [2.45, 2.75) is 0 Å². The number of fused-ring (bicyclic) bond motifs is 1. The summed E-state index contributed by atoms with van der Waals surface area (Å²) in [5, 5.41) is 2.29. The van der Waals surface area contributed by atoms with Crippen LogP contribution < -0.4 is 4.90 Å². The third-order valence-corrected chi connectivity index (χ3v) is 10.9. The van der Waals surface area contributed by atoms with Crippen molar-refractivity contribution in [1.82, 2.24) is 0 Å². The van der Waals surface area contributed by atoms with Gasteiger partial charge >= 0.3 is 0 Å². The van der Waals surface area contributed by atoms with E-state index in [4.69, 9.17) is 0 Å². The van der Waals surface area contributed by atoms with E-state index in [0.29, 0.717) is 16.9 Å². The molecular formula is C58H41N. The Hall–Kier alpha value is -7.74. The van der Waals surface area contributed by atoms with Crippen LogP contribution in [0.15, 0.2) is 249 Å². The van der Waals surface area contributed by atoms with Crippen LogP contribution in [0.3, 0.4) is 0 Å². The van der Waals surface area contributed by atoms with Gasteiger partial charge in [-0.2, -0.15) is 0 Å². The first kappa shape index (κ1) is 31.4. The highest BCUT2D eigenvalue weighted by Gasteiger charge is 2.16. The molecule has 0 heterocycles. The fourth-order valence-electron chi connectivity index (χ4n) is 7.84. The van der Waals surface area contributed by atoms with Crippen LogP contribution in [0.5, 0.6) is 0 Å². The lowest BCUT2D eigenvalue weighted by Gasteiger charge is -2.26. The zero-order chi connectivity index (χ0) is 42.9. The first-order chi connectivity index (χ1) is 30.9. The lowest BCUT2D eigenvalue weighted by Crippen LogP contribution is -2.10. The Labute approximate surface area is 352 Å². The average molecular weight is 756 g/mol. The maximum Gasteiger partial charge on any atom is 0.0645 e. The normalized spacial score (nSPS) is 12.0. The predicted octanol–water partition coefficient (Wildman–Crippen LogP) is 16.3. The molecule has 1 nitrogen and oxygen atoms in total. The summed E-state index contributed by atoms with van der Waals surface area (Å²) in [6, 6.07) is 75.7. The molecule has 10 aromatic carbocycles. The van der Waals surface area contributed by atoms with Gasteiger partial charge in [0.2, 0.25) is 0 Å². The van der Waals surface area contributed by atoms with Crippen LogP contribution in [0.1, 0.15) is 5.48 Å². The Morgan fingerprint density at radius 2 is 0.627 bits per heavy atom. The summed E-state index contributed by atoms with van der Waals surface area (Å²) in [5.41, 5.74) is 13.0. The molecule has 59 heavy (non-hydrogen) atoms. The Morgan fingerprint density at radius 1 is 0.220 bits per heavy atom. The monoisotopic (exact) mass is 755 g/mol. The topological polar surface area (TPSA) is 3.24 Å². The number of anilines is 3. The molecule has 0 bridgehead atoms. The molecular weight excluding hydrogens is 711 g/mol. The van der Waals surface area contributed by atoms with Crippen molar-refractivity contribution in [2.75, 3.05) is 4.90 Å². The Kier molecular flexibility index (Phi) is 8.51. The molecule has 1 heteroatoms. The molecule has 0 saturated heterocycles. The quantitative estimate of drug-likeness (QED) is 0.142. The molecule has 0 radical (unpaired) electrons. The van der Waals surface area contributed by atoms with E-state index in [2.05, 4.69) is 121 Å². The van der Waals surface area contributed by atoms with Gasteiger partial charge in [-0.3, -0.25) is 0 Å². The molecule has 0 aliphatic heterocycles. The summed E-state index contributed by atoms with van der Waals surface area (Å²) in [5.74, 6) is 0. The standard InChI is InChI=1S/C58H41N/c1-4-14-42(15-5-1)49-22-12-23-50(36-49)46-28-32-56(33-29-46)59(58-25-13-24-51(41-58)52-27-26-45-20-10-11-21-48(45)37-52)57-34-30-47(31-35-57)55-39-53(43-16-6-2-7-17-43)38-54(40-55)44-18-8-3-9-19-44/h1-41H/i28D,29D,32D,33D. The second-order valence-corrected chi connectivity index (χ2v) is 14.7. The van der Waals surface area contributed by atoms with E-state index in [9.17, 15) is 5.48 Å². The van der Waals surface area contributed by atoms with E-state index in [-0.39, 0.29) is 35.4 Å². The first-order valence-electron chi connectivity index (χ1n) is 21.9. The van der Waals surface area contributed by atoms with E-state index < -0.39 is 0 Å². The third-order valence-electron chi connectivity index (χ3n) is 10.9. The lowest BCUT2D eigenvalue weighted by atomic mass is 9.93. The van der Waals surface area contributed by atoms with Crippen LogP contribution in [0, 0.1) is 0 Å². The van der Waals surface area contributed by atoms with Crippen LogP contribution in [0.2, 0.25) is 0 Å². The molecule has 278 valence electrons. The van der Waals surface area contributed by atoms with Crippen LogP contribution >= 0.6 is 0 Å². The van der Waals surface area contributed by atoms with Gasteiger partial charge in [0.25, 0.3) is 0 Å². The molecule has 0 amide bonds. The Bertz CT molecular complexity index is 3170. The molecule has 0 aliphatic carbocycles. The summed E-state index contributed by atoms with van der Waals surface area (Å²) >= 11 is 0. The van der Waals surface area contributed by atoms with E-state index in [0.717, 1.165) is 66.4 Å². The van der Waals surface area contributed by atoms with Gasteiger partial charge in [-0.05, 0) is 144 Å². The summed E-state index contributed by atoms with van der Waals surface area (Å²) in [6.45, 7) is 0. The smallest absolute Gasteiger partial charge is 0.0645 e. The first-order valence-corrected chi connectivity index (χ1v) is 19.9. The highest BCUT2D eigenvalue weighted by atomic mass is 15.1. The van der Waals surface area contributed by atoms with Crippen molar-refractivity contribution in [3.63, 3.8) is 0 Å². The molecule has 0 aliphatic rings. The highest BCUT2D eigenvalue weighted by Crippen LogP contribution is 2.40. The fraction of sp³-hybridized carbons (Fsp3) is 0. The second-order valence-electron chi connectivity index (χ2n) is 14.7. The van der Waals surface area contributed by atoms with Gasteiger partial charge < -0.3 is 4.90 Å². The molecule has 0 aromatic heterocycles. The molecule has 0 saturated carbocycles. The number of benzene rings is 10. The van der Waals surface area contributed by atoms with Gasteiger partial charge in [0.1, 0.15) is 0 Å². The molecule has 10 rings (SSSR count). The van der Waals surface area contributed by atoms with Gasteiger partial charge in [-0.15, -0.1) is 0 Å². The molecule has 0 N–H and O–H groups in total. The zero-order valence-corrected chi connectivity index (χ0v) is 32.3. The summed E-state index contributed by atoms with van der Waals surface area (Å²) in [4.78, 5) is 1.87. The van der Waals surface area contributed by atoms with Crippen molar-refractivity contribution < 1.29 is 5.48 Å². The van der Waals surface area contributed by atoms with Crippen molar-refractivity contribution in [2.24, 2.45) is 0 Å². The predicted molar refractivity (Wildman–Crippen MR) is 251 cm³/mol. The van der Waals surface area contributed by atoms with Crippen LogP contribution in [0.4, 0.5) is 17.1 Å². The van der Waals surface area contributed by atoms with Crippen LogP contribution in [-0.2, 0) is 0 Å². The highest BCUT2D eigenvalue weighted by molar-refractivity contribution is 5.89. The van der Waals surface area contributed by atoms with Crippen LogP contribution in [-0.4, -0.2) is 0 Å². The molecule has 0 atom stereocenters. The summed E-state index contributed by atoms with van der Waals surface area (Å²) < 4.78 is 38.2. The van der Waals surface area contributed by atoms with Crippen molar-refractivity contribution in [3.8, 4) is 66.8 Å². The largest absolute Gasteiger partial charge is 0.310 e. The lowest BCUT2D eigenvalue weighted by molar-refractivity contribution is 1.28. The minimum Gasteiger partial charge on any atom is -0.310 e. The number of rotatable bonds is 9. The van der Waals surface area contributed by atoms with Crippen molar-refractivity contribution in [3.05, 3.63) is 249 Å². The van der Waals surface area contributed by atoms with Gasteiger partial charge in [-0.25, -0.2) is 0 Å². The van der Waals surface area contributed by atoms with E-state index in [1.54, 1.807) is 0 Å². The molecule has 0 spiro atoms. The Morgan fingerprint density at radius 3 is 1.22 bits per heavy atom. The number of nitrogens with zero attached hydrogens (tertiary/aromatic N) is 1. The summed E-state index contributed by atoms with van der Waals surface area (Å²) in [7, 11) is 0. The average Bonchev–Trinajstić information content (AvgIpc) is 3.35. The Balaban J connectivity index is 1.12. The van der Waals surface area contributed by atoms with E-state index in [1.165, 1.54) is 0 Å². The van der Waals surface area contributed by atoms with Crippen molar-refractivity contribution >= 4 is 27.8 Å².